The monoisotopic (exact) mass is 595 g/mol. The Hall–Kier alpha value is -4.79. The number of para-hydroxylation sites is 2. The highest BCUT2D eigenvalue weighted by Gasteiger charge is 2.53. The lowest BCUT2D eigenvalue weighted by Gasteiger charge is -2.32. The molecule has 5 heteroatoms. The lowest BCUT2D eigenvalue weighted by molar-refractivity contribution is -0.644. The van der Waals surface area contributed by atoms with Crippen molar-refractivity contribution < 1.29 is 9.36 Å². The summed E-state index contributed by atoms with van der Waals surface area (Å²) >= 11 is 0. The van der Waals surface area contributed by atoms with Gasteiger partial charge in [0.1, 0.15) is 30.2 Å². The van der Waals surface area contributed by atoms with E-state index in [-0.39, 0.29) is 11.6 Å². The molecule has 1 aromatic heterocycles. The first kappa shape index (κ1) is 29.3. The van der Waals surface area contributed by atoms with Crippen molar-refractivity contribution in [3.05, 3.63) is 163 Å². The zero-order valence-electron chi connectivity index (χ0n) is 25.2. The summed E-state index contributed by atoms with van der Waals surface area (Å²) in [6, 6.07) is 50.6. The Bertz CT molecular complexity index is 1760. The molecule has 0 fully saturated rings. The molecule has 0 spiro atoms. The number of benzene rings is 5. The molecular formula is C39H38N3OP+2. The summed E-state index contributed by atoms with van der Waals surface area (Å²) in [5, 5.41) is 4.82. The molecule has 0 aliphatic heterocycles. The summed E-state index contributed by atoms with van der Waals surface area (Å²) < 4.78 is 2.16. The van der Waals surface area contributed by atoms with Crippen LogP contribution in [0.5, 0.6) is 0 Å². The zero-order chi connectivity index (χ0) is 30.4. The van der Waals surface area contributed by atoms with Gasteiger partial charge in [-0.3, -0.25) is 15.6 Å². The van der Waals surface area contributed by atoms with Crippen molar-refractivity contribution in [2.75, 3.05) is 5.43 Å². The van der Waals surface area contributed by atoms with Gasteiger partial charge in [0.2, 0.25) is 5.52 Å². The highest BCUT2D eigenvalue weighted by Crippen LogP contribution is 2.59. The van der Waals surface area contributed by atoms with E-state index in [2.05, 4.69) is 151 Å². The van der Waals surface area contributed by atoms with Gasteiger partial charge in [0.15, 0.2) is 11.9 Å². The van der Waals surface area contributed by atoms with E-state index in [1.165, 1.54) is 32.4 Å². The minimum Gasteiger partial charge on any atom is -0.298 e. The fourth-order valence-electron chi connectivity index (χ4n) is 6.29. The average Bonchev–Trinajstić information content (AvgIpc) is 3.09. The van der Waals surface area contributed by atoms with Gasteiger partial charge in [-0.2, -0.15) is 0 Å². The van der Waals surface area contributed by atoms with Crippen molar-refractivity contribution in [2.45, 2.75) is 25.4 Å². The number of hydrogen-bond donors (Lipinski definition) is 2. The fourth-order valence-corrected chi connectivity index (χ4v) is 10.9. The van der Waals surface area contributed by atoms with E-state index in [1.54, 1.807) is 0 Å². The first-order chi connectivity index (χ1) is 21.6. The lowest BCUT2D eigenvalue weighted by Crippen LogP contribution is -2.46. The van der Waals surface area contributed by atoms with Gasteiger partial charge in [0, 0.05) is 17.5 Å². The molecule has 218 valence electrons. The second-order valence-corrected chi connectivity index (χ2v) is 14.9. The lowest BCUT2D eigenvalue weighted by atomic mass is 10.00. The van der Waals surface area contributed by atoms with Crippen LogP contribution in [0.4, 0.5) is 5.69 Å². The standard InChI is InChI=1S/C39H37N3OP/c1-30(44(33-17-6-3-7-18-33,34-19-8-4-9-20-34)35-21-10-5-11-22-35)39(43)41-40-37-24-14-12-16-32(37)27-26-31-28-29-42(2)38-25-15-13-23-36(31)38/h3-25,28-30,40H,26-27H2,1-2H3/q+1/p+1. The number of fused-ring (bicyclic) bond motifs is 1. The van der Waals surface area contributed by atoms with Crippen LogP contribution in [0.2, 0.25) is 0 Å². The number of aromatic nitrogens is 1. The molecule has 0 bridgehead atoms. The van der Waals surface area contributed by atoms with Gasteiger partial charge in [-0.15, -0.1) is 0 Å². The topological polar surface area (TPSA) is 45.0 Å². The predicted octanol–water partition coefficient (Wildman–Crippen LogP) is 6.28. The molecule has 1 atom stereocenters. The van der Waals surface area contributed by atoms with E-state index in [0.717, 1.165) is 24.1 Å². The molecular weight excluding hydrogens is 557 g/mol. The number of rotatable bonds is 10. The number of nitrogens with one attached hydrogen (secondary N) is 2. The Morgan fingerprint density at radius 3 is 1.75 bits per heavy atom. The molecule has 2 N–H and O–H groups in total. The number of pyridine rings is 1. The van der Waals surface area contributed by atoms with Crippen molar-refractivity contribution in [1.82, 2.24) is 5.43 Å². The van der Waals surface area contributed by atoms with Gasteiger partial charge in [-0.1, -0.05) is 84.9 Å². The fraction of sp³-hybridized carbons (Fsp3) is 0.128. The second kappa shape index (κ2) is 13.2. The van der Waals surface area contributed by atoms with Crippen molar-refractivity contribution in [2.24, 2.45) is 7.05 Å². The Labute approximate surface area is 260 Å². The Morgan fingerprint density at radius 2 is 1.14 bits per heavy atom. The summed E-state index contributed by atoms with van der Waals surface area (Å²) in [6.45, 7) is 2.07. The maximum Gasteiger partial charge on any atom is 0.279 e. The van der Waals surface area contributed by atoms with Crippen LogP contribution >= 0.6 is 7.26 Å². The first-order valence-corrected chi connectivity index (χ1v) is 17.0. The molecule has 5 aromatic carbocycles. The van der Waals surface area contributed by atoms with Crippen LogP contribution in [0.25, 0.3) is 10.9 Å². The van der Waals surface area contributed by atoms with E-state index >= 15 is 0 Å². The summed E-state index contributed by atoms with van der Waals surface area (Å²) in [7, 11) is -0.285. The van der Waals surface area contributed by atoms with E-state index in [0.29, 0.717) is 0 Å². The van der Waals surface area contributed by atoms with Gasteiger partial charge < -0.3 is 0 Å². The van der Waals surface area contributed by atoms with E-state index in [9.17, 15) is 4.79 Å². The van der Waals surface area contributed by atoms with Crippen LogP contribution in [-0.4, -0.2) is 11.6 Å². The summed E-state index contributed by atoms with van der Waals surface area (Å²) in [6.07, 6.45) is 3.88. The summed E-state index contributed by atoms with van der Waals surface area (Å²) in [5.74, 6) is -0.0359. The minimum absolute atomic E-state index is 0.0359. The summed E-state index contributed by atoms with van der Waals surface area (Å²) in [5.41, 5.74) is 10.7. The zero-order valence-corrected chi connectivity index (χ0v) is 26.1. The number of hydrogen-bond acceptors (Lipinski definition) is 2. The maximum absolute atomic E-state index is 14.2. The Balaban J connectivity index is 1.28. The van der Waals surface area contributed by atoms with Crippen molar-refractivity contribution in [3.63, 3.8) is 0 Å². The predicted molar refractivity (Wildman–Crippen MR) is 185 cm³/mol. The van der Waals surface area contributed by atoms with E-state index in [4.69, 9.17) is 0 Å². The number of carbonyl (C=O) groups is 1. The molecule has 4 nitrogen and oxygen atoms in total. The number of nitrogens with zero attached hydrogens (tertiary/aromatic N) is 1. The molecule has 1 amide bonds. The highest BCUT2D eigenvalue weighted by atomic mass is 31.2. The van der Waals surface area contributed by atoms with Crippen LogP contribution in [0.15, 0.2) is 152 Å². The molecule has 0 saturated carbocycles. The summed E-state index contributed by atoms with van der Waals surface area (Å²) in [4.78, 5) is 14.2. The van der Waals surface area contributed by atoms with E-state index < -0.39 is 7.26 Å². The number of aryl methyl sites for hydroxylation is 3. The molecule has 1 heterocycles. The van der Waals surface area contributed by atoms with Crippen molar-refractivity contribution in [1.29, 1.82) is 0 Å². The normalized spacial score (nSPS) is 12.0. The largest absolute Gasteiger partial charge is 0.298 e. The molecule has 0 saturated heterocycles. The first-order valence-electron chi connectivity index (χ1n) is 15.1. The van der Waals surface area contributed by atoms with Crippen LogP contribution in [-0.2, 0) is 24.7 Å². The molecule has 0 aliphatic carbocycles. The second-order valence-electron chi connectivity index (χ2n) is 11.1. The number of hydrazine groups is 1. The maximum atomic E-state index is 14.2. The van der Waals surface area contributed by atoms with Crippen molar-refractivity contribution in [3.8, 4) is 0 Å². The van der Waals surface area contributed by atoms with Gasteiger partial charge in [0.25, 0.3) is 5.91 Å². The number of amides is 1. The molecule has 0 radical (unpaired) electrons. The Morgan fingerprint density at radius 1 is 0.636 bits per heavy atom. The smallest absolute Gasteiger partial charge is 0.279 e. The average molecular weight is 596 g/mol. The number of carbonyl (C=O) groups excluding carboxylic acids is 1. The van der Waals surface area contributed by atoms with Crippen LogP contribution in [0, 0.1) is 0 Å². The van der Waals surface area contributed by atoms with Gasteiger partial charge in [0.05, 0.1) is 5.69 Å². The third-order valence-electron chi connectivity index (χ3n) is 8.58. The van der Waals surface area contributed by atoms with Gasteiger partial charge in [-0.25, -0.2) is 4.57 Å². The van der Waals surface area contributed by atoms with Crippen LogP contribution in [0.1, 0.15) is 18.1 Å². The number of anilines is 1. The van der Waals surface area contributed by atoms with Gasteiger partial charge >= 0.3 is 0 Å². The molecule has 6 aromatic rings. The quantitative estimate of drug-likeness (QED) is 0.111. The van der Waals surface area contributed by atoms with Crippen LogP contribution in [0.3, 0.4) is 0 Å². The van der Waals surface area contributed by atoms with Crippen molar-refractivity contribution >= 4 is 45.7 Å². The SMILES string of the molecule is CC(C(=O)NNc1ccccc1CCc1cc[n+](C)c2ccccc12)[P+](c1ccccc1)(c1ccccc1)c1ccccc1. The molecule has 1 unspecified atom stereocenters. The highest BCUT2D eigenvalue weighted by molar-refractivity contribution is 7.96. The van der Waals surface area contributed by atoms with Crippen LogP contribution < -0.4 is 31.3 Å². The molecule has 44 heavy (non-hydrogen) atoms. The molecule has 6 rings (SSSR count). The van der Waals surface area contributed by atoms with E-state index in [1.807, 2.05) is 30.3 Å². The molecule has 0 aliphatic rings. The third kappa shape index (κ3) is 5.74. The van der Waals surface area contributed by atoms with Gasteiger partial charge in [-0.05, 0) is 79.4 Å². The Kier molecular flexibility index (Phi) is 8.81. The third-order valence-corrected chi connectivity index (χ3v) is 13.3. The minimum atomic E-state index is -2.37.